The number of carbonyl (C=O) groups excluding carboxylic acids is 1. The van der Waals surface area contributed by atoms with Crippen molar-refractivity contribution in [1.82, 2.24) is 0 Å². The maximum absolute atomic E-state index is 13.2. The van der Waals surface area contributed by atoms with Gasteiger partial charge in [0, 0.05) is 5.92 Å². The van der Waals surface area contributed by atoms with E-state index in [0.717, 1.165) is 68.1 Å². The van der Waals surface area contributed by atoms with Crippen molar-refractivity contribution in [3.05, 3.63) is 12.2 Å². The molecule has 0 radical (unpaired) electrons. The summed E-state index contributed by atoms with van der Waals surface area (Å²) >= 11 is 0. The van der Waals surface area contributed by atoms with Crippen molar-refractivity contribution in [2.24, 2.45) is 47.3 Å². The minimum atomic E-state index is -0.460. The molecule has 0 aliphatic heterocycles. The maximum atomic E-state index is 13.2. The molecule has 0 amide bonds. The molecule has 5 rings (SSSR count). The highest BCUT2D eigenvalue weighted by Gasteiger charge is 2.62. The number of aliphatic hydroxyl groups is 1. The SMILES string of the molecule is CC(C)(OC(=O)C1CC2CC1C1C3C=CC(C3)C21)C1CCCCC(O)C1. The lowest BCUT2D eigenvalue weighted by molar-refractivity contribution is -0.171. The Labute approximate surface area is 157 Å². The van der Waals surface area contributed by atoms with Crippen LogP contribution in [0.4, 0.5) is 0 Å². The smallest absolute Gasteiger partial charge is 0.309 e. The Kier molecular flexibility index (Phi) is 4.05. The molecule has 5 aliphatic rings. The summed E-state index contributed by atoms with van der Waals surface area (Å²) in [6.45, 7) is 4.15. The lowest BCUT2D eigenvalue weighted by Crippen LogP contribution is -2.42. The molecule has 9 unspecified atom stereocenters. The van der Waals surface area contributed by atoms with Gasteiger partial charge in [-0.05, 0) is 87.9 Å². The zero-order valence-corrected chi connectivity index (χ0v) is 16.3. The Morgan fingerprint density at radius 2 is 1.73 bits per heavy atom. The fourth-order valence-electron chi connectivity index (χ4n) is 7.67. The third-order valence-corrected chi connectivity index (χ3v) is 8.82. The van der Waals surface area contributed by atoms with Crippen LogP contribution in [0.1, 0.15) is 65.2 Å². The van der Waals surface area contributed by atoms with Crippen molar-refractivity contribution in [2.75, 3.05) is 0 Å². The van der Waals surface area contributed by atoms with Gasteiger partial charge in [-0.15, -0.1) is 0 Å². The van der Waals surface area contributed by atoms with E-state index in [2.05, 4.69) is 26.0 Å². The number of carbonyl (C=O) groups is 1. The van der Waals surface area contributed by atoms with E-state index in [1.54, 1.807) is 0 Å². The van der Waals surface area contributed by atoms with Crippen LogP contribution < -0.4 is 0 Å². The molecule has 0 aromatic rings. The second-order valence-corrected chi connectivity index (χ2v) is 10.5. The van der Waals surface area contributed by atoms with Gasteiger partial charge in [-0.3, -0.25) is 4.79 Å². The molecule has 26 heavy (non-hydrogen) atoms. The second kappa shape index (κ2) is 6.09. The van der Waals surface area contributed by atoms with E-state index < -0.39 is 5.60 Å². The lowest BCUT2D eigenvalue weighted by Gasteiger charge is -2.39. The molecule has 0 aromatic heterocycles. The summed E-state index contributed by atoms with van der Waals surface area (Å²) in [5.74, 6) is 4.95. The number of fused-ring (bicyclic) bond motifs is 9. The monoisotopic (exact) mass is 358 g/mol. The van der Waals surface area contributed by atoms with Crippen molar-refractivity contribution >= 4 is 5.97 Å². The summed E-state index contributed by atoms with van der Waals surface area (Å²) in [6, 6.07) is 0. The molecule has 144 valence electrons. The Morgan fingerprint density at radius 3 is 2.54 bits per heavy atom. The van der Waals surface area contributed by atoms with Gasteiger partial charge in [0.25, 0.3) is 0 Å². The molecule has 4 saturated carbocycles. The topological polar surface area (TPSA) is 46.5 Å². The van der Waals surface area contributed by atoms with Crippen molar-refractivity contribution in [1.29, 1.82) is 0 Å². The third kappa shape index (κ3) is 2.60. The molecule has 9 atom stereocenters. The van der Waals surface area contributed by atoms with E-state index in [1.807, 2.05) is 0 Å². The van der Waals surface area contributed by atoms with Gasteiger partial charge in [0.1, 0.15) is 5.60 Å². The van der Waals surface area contributed by atoms with Crippen molar-refractivity contribution in [3.8, 4) is 0 Å². The van der Waals surface area contributed by atoms with Gasteiger partial charge in [-0.1, -0.05) is 25.0 Å². The van der Waals surface area contributed by atoms with Crippen LogP contribution in [0.3, 0.4) is 0 Å². The standard InChI is InChI=1S/C23H34O3/c1-23(2,16-5-3-4-6-17(24)12-16)26-22(25)19-11-15-10-18(19)21-14-8-7-13(9-14)20(15)21/h7-8,13-21,24H,3-6,9-12H2,1-2H3. The first kappa shape index (κ1) is 17.3. The summed E-state index contributed by atoms with van der Waals surface area (Å²) in [4.78, 5) is 13.2. The van der Waals surface area contributed by atoms with Gasteiger partial charge in [0.2, 0.25) is 0 Å². The fourth-order valence-corrected chi connectivity index (χ4v) is 7.67. The summed E-state index contributed by atoms with van der Waals surface area (Å²) in [6.07, 6.45) is 13.3. The van der Waals surface area contributed by atoms with Crippen LogP contribution in [0, 0.1) is 47.3 Å². The van der Waals surface area contributed by atoms with E-state index in [-0.39, 0.29) is 23.9 Å². The first-order valence-corrected chi connectivity index (χ1v) is 11.0. The normalized spacial score (nSPS) is 49.3. The van der Waals surface area contributed by atoms with E-state index >= 15 is 0 Å². The van der Waals surface area contributed by atoms with Crippen molar-refractivity contribution < 1.29 is 14.6 Å². The maximum Gasteiger partial charge on any atom is 0.309 e. The van der Waals surface area contributed by atoms with E-state index in [4.69, 9.17) is 4.74 Å². The highest BCUT2D eigenvalue weighted by molar-refractivity contribution is 5.74. The largest absolute Gasteiger partial charge is 0.459 e. The summed E-state index contributed by atoms with van der Waals surface area (Å²) < 4.78 is 6.18. The van der Waals surface area contributed by atoms with Crippen LogP contribution in [-0.2, 0) is 9.53 Å². The van der Waals surface area contributed by atoms with Crippen LogP contribution in [0.2, 0.25) is 0 Å². The highest BCUT2D eigenvalue weighted by Crippen LogP contribution is 2.67. The molecule has 4 fully saturated rings. The van der Waals surface area contributed by atoms with Crippen LogP contribution in [0.5, 0.6) is 0 Å². The van der Waals surface area contributed by atoms with E-state index in [9.17, 15) is 9.90 Å². The number of ether oxygens (including phenoxy) is 1. The van der Waals surface area contributed by atoms with E-state index in [0.29, 0.717) is 5.92 Å². The summed E-state index contributed by atoms with van der Waals surface area (Å²) in [5.41, 5.74) is -0.460. The van der Waals surface area contributed by atoms with Crippen LogP contribution in [0.25, 0.3) is 0 Å². The molecule has 0 saturated heterocycles. The quantitative estimate of drug-likeness (QED) is 0.353. The second-order valence-electron chi connectivity index (χ2n) is 10.5. The predicted octanol–water partition coefficient (Wildman–Crippen LogP) is 4.34. The lowest BCUT2D eigenvalue weighted by atomic mass is 9.69. The van der Waals surface area contributed by atoms with Crippen LogP contribution in [-0.4, -0.2) is 22.8 Å². The zero-order valence-electron chi connectivity index (χ0n) is 16.3. The van der Waals surface area contributed by atoms with Gasteiger partial charge < -0.3 is 9.84 Å². The molecule has 3 nitrogen and oxygen atoms in total. The Hall–Kier alpha value is -0.830. The number of hydrogen-bond donors (Lipinski definition) is 1. The minimum absolute atomic E-state index is 0.0615. The number of rotatable bonds is 3. The van der Waals surface area contributed by atoms with Crippen LogP contribution in [0.15, 0.2) is 12.2 Å². The molecule has 1 N–H and O–H groups in total. The molecule has 5 aliphatic carbocycles. The van der Waals surface area contributed by atoms with Gasteiger partial charge in [0.05, 0.1) is 12.0 Å². The molecule has 4 bridgehead atoms. The third-order valence-electron chi connectivity index (χ3n) is 8.82. The molecule has 0 spiro atoms. The first-order valence-electron chi connectivity index (χ1n) is 11.0. The Morgan fingerprint density at radius 1 is 1.00 bits per heavy atom. The number of allylic oxidation sites excluding steroid dienone is 2. The van der Waals surface area contributed by atoms with Crippen molar-refractivity contribution in [3.63, 3.8) is 0 Å². The molecule has 0 aromatic carbocycles. The Bertz CT molecular complexity index is 609. The average molecular weight is 359 g/mol. The van der Waals surface area contributed by atoms with Gasteiger partial charge in [-0.2, -0.15) is 0 Å². The van der Waals surface area contributed by atoms with E-state index in [1.165, 1.54) is 12.8 Å². The van der Waals surface area contributed by atoms with Crippen LogP contribution >= 0.6 is 0 Å². The Balaban J connectivity index is 1.27. The fraction of sp³-hybridized carbons (Fsp3) is 0.870. The molecular formula is C23H34O3. The minimum Gasteiger partial charge on any atom is -0.459 e. The first-order chi connectivity index (χ1) is 12.4. The molecular weight excluding hydrogens is 324 g/mol. The predicted molar refractivity (Wildman–Crippen MR) is 100 cm³/mol. The molecule has 3 heteroatoms. The summed E-state index contributed by atoms with van der Waals surface area (Å²) in [5, 5.41) is 10.2. The highest BCUT2D eigenvalue weighted by atomic mass is 16.6. The number of esters is 1. The zero-order chi connectivity index (χ0) is 18.1. The number of aliphatic hydroxyl groups excluding tert-OH is 1. The van der Waals surface area contributed by atoms with Gasteiger partial charge >= 0.3 is 5.97 Å². The summed E-state index contributed by atoms with van der Waals surface area (Å²) in [7, 11) is 0. The van der Waals surface area contributed by atoms with Gasteiger partial charge in [-0.25, -0.2) is 0 Å². The number of hydrogen-bond acceptors (Lipinski definition) is 3. The average Bonchev–Trinajstić information content (AvgIpc) is 3.33. The molecule has 0 heterocycles. The van der Waals surface area contributed by atoms with Gasteiger partial charge in [0.15, 0.2) is 0 Å². The van der Waals surface area contributed by atoms with Crippen molar-refractivity contribution in [2.45, 2.75) is 76.9 Å².